The second kappa shape index (κ2) is 8.27. The zero-order valence-corrected chi connectivity index (χ0v) is 18.6. The van der Waals surface area contributed by atoms with E-state index in [9.17, 15) is 9.90 Å². The lowest BCUT2D eigenvalue weighted by Crippen LogP contribution is -2.29. The molecule has 2 heterocycles. The standard InChI is InChI=1S/C25H30N4O2/c1-5-6-19-13-21(27-15-25(3,4)31)24-26-14-22(29(24)28-19)18-9-10-20(16(2)11-18)23(30)12-17-7-8-17/h5-6,9-11,13-14,17,27,31H,7-8,12,15H2,1-4H3/b6-5+. The van der Waals surface area contributed by atoms with Gasteiger partial charge in [-0.1, -0.05) is 18.2 Å². The Bertz CT molecular complexity index is 1150. The van der Waals surface area contributed by atoms with E-state index < -0.39 is 5.60 Å². The first-order valence-electron chi connectivity index (χ1n) is 10.9. The predicted molar refractivity (Wildman–Crippen MR) is 124 cm³/mol. The van der Waals surface area contributed by atoms with Crippen LogP contribution in [0.4, 0.5) is 5.69 Å². The highest BCUT2D eigenvalue weighted by Crippen LogP contribution is 2.34. The number of fused-ring (bicyclic) bond motifs is 1. The molecule has 0 atom stereocenters. The molecular formula is C25H30N4O2. The molecule has 162 valence electrons. The van der Waals surface area contributed by atoms with E-state index in [-0.39, 0.29) is 5.78 Å². The van der Waals surface area contributed by atoms with Crippen LogP contribution in [-0.2, 0) is 0 Å². The number of anilines is 1. The first-order valence-corrected chi connectivity index (χ1v) is 10.9. The van der Waals surface area contributed by atoms with E-state index in [0.717, 1.165) is 33.8 Å². The van der Waals surface area contributed by atoms with Crippen molar-refractivity contribution < 1.29 is 9.90 Å². The first-order chi connectivity index (χ1) is 14.7. The molecule has 0 aliphatic heterocycles. The van der Waals surface area contributed by atoms with Gasteiger partial charge < -0.3 is 10.4 Å². The number of hydrogen-bond donors (Lipinski definition) is 2. The van der Waals surface area contributed by atoms with Crippen molar-refractivity contribution in [3.8, 4) is 11.3 Å². The third-order valence-electron chi connectivity index (χ3n) is 5.53. The monoisotopic (exact) mass is 418 g/mol. The van der Waals surface area contributed by atoms with Gasteiger partial charge in [-0.3, -0.25) is 4.79 Å². The van der Waals surface area contributed by atoms with Gasteiger partial charge in [0.15, 0.2) is 11.4 Å². The normalized spacial score (nSPS) is 14.5. The molecule has 1 aromatic carbocycles. The minimum atomic E-state index is -0.851. The number of nitrogens with one attached hydrogen (secondary N) is 1. The number of aryl methyl sites for hydroxylation is 1. The van der Waals surface area contributed by atoms with Crippen LogP contribution in [0.2, 0.25) is 0 Å². The number of benzene rings is 1. The topological polar surface area (TPSA) is 79.5 Å². The maximum atomic E-state index is 12.6. The summed E-state index contributed by atoms with van der Waals surface area (Å²) < 4.78 is 1.82. The second-order valence-electron chi connectivity index (χ2n) is 9.13. The molecule has 0 amide bonds. The summed E-state index contributed by atoms with van der Waals surface area (Å²) in [6.45, 7) is 7.85. The molecule has 6 nitrogen and oxygen atoms in total. The molecule has 0 bridgehead atoms. The van der Waals surface area contributed by atoms with Gasteiger partial charge in [-0.25, -0.2) is 9.50 Å². The number of Topliss-reactive ketones (excluding diaryl/α,β-unsaturated/α-hetero) is 1. The highest BCUT2D eigenvalue weighted by molar-refractivity contribution is 5.98. The van der Waals surface area contributed by atoms with Crippen molar-refractivity contribution in [3.63, 3.8) is 0 Å². The van der Waals surface area contributed by atoms with Crippen LogP contribution in [0, 0.1) is 12.8 Å². The molecule has 4 rings (SSSR count). The molecular weight excluding hydrogens is 388 g/mol. The zero-order valence-electron chi connectivity index (χ0n) is 18.6. The van der Waals surface area contributed by atoms with E-state index in [1.807, 2.05) is 54.8 Å². The smallest absolute Gasteiger partial charge is 0.177 e. The van der Waals surface area contributed by atoms with Gasteiger partial charge in [0.25, 0.3) is 0 Å². The Kier molecular flexibility index (Phi) is 5.67. The van der Waals surface area contributed by atoms with Crippen LogP contribution >= 0.6 is 0 Å². The Morgan fingerprint density at radius 3 is 2.74 bits per heavy atom. The molecule has 2 aromatic heterocycles. The van der Waals surface area contributed by atoms with Crippen molar-refractivity contribution in [1.29, 1.82) is 0 Å². The molecule has 1 fully saturated rings. The van der Waals surface area contributed by atoms with Crippen molar-refractivity contribution in [1.82, 2.24) is 14.6 Å². The summed E-state index contributed by atoms with van der Waals surface area (Å²) >= 11 is 0. The van der Waals surface area contributed by atoms with Gasteiger partial charge >= 0.3 is 0 Å². The lowest BCUT2D eigenvalue weighted by molar-refractivity contribution is 0.0944. The fourth-order valence-electron chi connectivity index (χ4n) is 3.71. The number of allylic oxidation sites excluding steroid dienone is 1. The van der Waals surface area contributed by atoms with Crippen molar-refractivity contribution in [3.05, 3.63) is 53.4 Å². The van der Waals surface area contributed by atoms with Crippen LogP contribution in [0.1, 0.15) is 61.6 Å². The van der Waals surface area contributed by atoms with Crippen LogP contribution in [-0.4, -0.2) is 37.6 Å². The van der Waals surface area contributed by atoms with E-state index in [2.05, 4.69) is 10.3 Å². The van der Waals surface area contributed by atoms with Crippen LogP contribution in [0.25, 0.3) is 23.0 Å². The fraction of sp³-hybridized carbons (Fsp3) is 0.400. The number of carbonyl (C=O) groups excluding carboxylic acids is 1. The number of aliphatic hydroxyl groups is 1. The molecule has 1 aliphatic carbocycles. The first kappa shape index (κ1) is 21.2. The summed E-state index contributed by atoms with van der Waals surface area (Å²) in [5, 5.41) is 18.2. The molecule has 6 heteroatoms. The van der Waals surface area contributed by atoms with Gasteiger partial charge in [0, 0.05) is 24.1 Å². The molecule has 0 saturated heterocycles. The molecule has 0 radical (unpaired) electrons. The van der Waals surface area contributed by atoms with Crippen molar-refractivity contribution in [2.24, 2.45) is 5.92 Å². The van der Waals surface area contributed by atoms with Gasteiger partial charge in [0.2, 0.25) is 0 Å². The number of aromatic nitrogens is 3. The summed E-state index contributed by atoms with van der Waals surface area (Å²) in [4.78, 5) is 17.2. The van der Waals surface area contributed by atoms with E-state index in [1.165, 1.54) is 12.8 Å². The third kappa shape index (κ3) is 4.85. The van der Waals surface area contributed by atoms with Gasteiger partial charge in [-0.2, -0.15) is 5.10 Å². The lowest BCUT2D eigenvalue weighted by atomic mass is 9.98. The van der Waals surface area contributed by atoms with E-state index >= 15 is 0 Å². The quantitative estimate of drug-likeness (QED) is 0.509. The molecule has 2 N–H and O–H groups in total. The molecule has 31 heavy (non-hydrogen) atoms. The van der Waals surface area contributed by atoms with Crippen molar-refractivity contribution in [2.75, 3.05) is 11.9 Å². The van der Waals surface area contributed by atoms with E-state index in [1.54, 1.807) is 20.0 Å². The SMILES string of the molecule is C/C=C/c1cc(NCC(C)(C)O)c2ncc(-c3ccc(C(=O)CC4CC4)c(C)c3)n2n1. The third-order valence-corrected chi connectivity index (χ3v) is 5.53. The molecule has 1 aliphatic rings. The van der Waals surface area contributed by atoms with Crippen LogP contribution in [0.5, 0.6) is 0 Å². The van der Waals surface area contributed by atoms with E-state index in [0.29, 0.717) is 24.5 Å². The predicted octanol–water partition coefficient (Wildman–Crippen LogP) is 4.90. The summed E-state index contributed by atoms with van der Waals surface area (Å²) in [5.41, 5.74) is 5.05. The Labute approximate surface area is 183 Å². The summed E-state index contributed by atoms with van der Waals surface area (Å²) in [6.07, 6.45) is 8.68. The Morgan fingerprint density at radius 1 is 1.32 bits per heavy atom. The number of ketones is 1. The fourth-order valence-corrected chi connectivity index (χ4v) is 3.71. The summed E-state index contributed by atoms with van der Waals surface area (Å²) in [7, 11) is 0. The second-order valence-corrected chi connectivity index (χ2v) is 9.13. The number of imidazole rings is 1. The van der Waals surface area contributed by atoms with Gasteiger partial charge in [0.1, 0.15) is 0 Å². The van der Waals surface area contributed by atoms with E-state index in [4.69, 9.17) is 5.10 Å². The summed E-state index contributed by atoms with van der Waals surface area (Å²) in [5.74, 6) is 0.811. The van der Waals surface area contributed by atoms with Gasteiger partial charge in [-0.15, -0.1) is 0 Å². The lowest BCUT2D eigenvalue weighted by Gasteiger charge is -2.19. The van der Waals surface area contributed by atoms with Crippen molar-refractivity contribution >= 4 is 23.2 Å². The van der Waals surface area contributed by atoms with Crippen LogP contribution in [0.15, 0.2) is 36.5 Å². The van der Waals surface area contributed by atoms with Crippen LogP contribution in [0.3, 0.4) is 0 Å². The number of hydrogen-bond acceptors (Lipinski definition) is 5. The highest BCUT2D eigenvalue weighted by Gasteiger charge is 2.25. The molecule has 1 saturated carbocycles. The average Bonchev–Trinajstić information content (AvgIpc) is 3.41. The number of nitrogens with zero attached hydrogens (tertiary/aromatic N) is 3. The van der Waals surface area contributed by atoms with Gasteiger partial charge in [-0.05, 0) is 70.2 Å². The molecule has 0 spiro atoms. The number of rotatable bonds is 8. The summed E-state index contributed by atoms with van der Waals surface area (Å²) in [6, 6.07) is 7.88. The Hall–Kier alpha value is -2.99. The Morgan fingerprint density at radius 2 is 2.10 bits per heavy atom. The Balaban J connectivity index is 1.72. The maximum absolute atomic E-state index is 12.6. The largest absolute Gasteiger partial charge is 0.389 e. The molecule has 3 aromatic rings. The minimum Gasteiger partial charge on any atom is -0.389 e. The van der Waals surface area contributed by atoms with Gasteiger partial charge in [0.05, 0.1) is 28.9 Å². The highest BCUT2D eigenvalue weighted by atomic mass is 16.3. The van der Waals surface area contributed by atoms with Crippen LogP contribution < -0.4 is 5.32 Å². The number of carbonyl (C=O) groups is 1. The maximum Gasteiger partial charge on any atom is 0.177 e. The zero-order chi connectivity index (χ0) is 22.2. The minimum absolute atomic E-state index is 0.233. The average molecular weight is 419 g/mol. The van der Waals surface area contributed by atoms with Crippen molar-refractivity contribution in [2.45, 2.75) is 52.6 Å². The molecule has 0 unspecified atom stereocenters.